The van der Waals surface area contributed by atoms with Crippen molar-refractivity contribution in [1.29, 1.82) is 0 Å². The molecule has 0 aromatic heterocycles. The minimum atomic E-state index is -1.13. The molecular formula is C22H27N3O6. The van der Waals surface area contributed by atoms with Crippen LogP contribution in [0.25, 0.3) is 0 Å². The zero-order valence-corrected chi connectivity index (χ0v) is 17.9. The summed E-state index contributed by atoms with van der Waals surface area (Å²) >= 11 is 0. The number of ether oxygens (including phenoxy) is 1. The van der Waals surface area contributed by atoms with Gasteiger partial charge >= 0.3 is 12.0 Å². The van der Waals surface area contributed by atoms with Gasteiger partial charge in [-0.1, -0.05) is 6.92 Å². The van der Waals surface area contributed by atoms with Gasteiger partial charge in [0.2, 0.25) is 0 Å². The van der Waals surface area contributed by atoms with Crippen LogP contribution in [-0.4, -0.2) is 52.7 Å². The van der Waals surface area contributed by atoms with Crippen molar-refractivity contribution >= 4 is 35.3 Å². The van der Waals surface area contributed by atoms with Crippen molar-refractivity contribution in [2.24, 2.45) is 5.92 Å². The molecule has 9 heteroatoms. The number of ketones is 1. The Balaban J connectivity index is 1.53. The number of amides is 4. The number of imide groups is 1. The van der Waals surface area contributed by atoms with Crippen LogP contribution in [-0.2, 0) is 19.1 Å². The molecule has 1 spiro atoms. The number of rotatable bonds is 6. The Labute approximate surface area is 180 Å². The first-order chi connectivity index (χ1) is 14.6. The Morgan fingerprint density at radius 3 is 2.39 bits per heavy atom. The van der Waals surface area contributed by atoms with Crippen LogP contribution in [0.3, 0.4) is 0 Å². The lowest BCUT2D eigenvalue weighted by Gasteiger charge is -2.33. The minimum Gasteiger partial charge on any atom is -0.451 e. The molecule has 9 nitrogen and oxygen atoms in total. The van der Waals surface area contributed by atoms with Gasteiger partial charge in [0.1, 0.15) is 12.1 Å². The van der Waals surface area contributed by atoms with Crippen LogP contribution >= 0.6 is 0 Å². The molecule has 1 aliphatic carbocycles. The molecular weight excluding hydrogens is 402 g/mol. The Bertz CT molecular complexity index is 902. The first kappa shape index (κ1) is 22.5. The summed E-state index contributed by atoms with van der Waals surface area (Å²) in [7, 11) is 0. The van der Waals surface area contributed by atoms with Gasteiger partial charge in [-0.2, -0.15) is 0 Å². The summed E-state index contributed by atoms with van der Waals surface area (Å²) < 4.78 is 5.12. The topological polar surface area (TPSA) is 122 Å². The molecule has 2 aliphatic rings. The molecule has 1 aromatic rings. The Kier molecular flexibility index (Phi) is 6.42. The van der Waals surface area contributed by atoms with E-state index in [0.717, 1.165) is 17.7 Å². The number of carbonyl (C=O) groups is 5. The van der Waals surface area contributed by atoms with E-state index in [4.69, 9.17) is 4.74 Å². The predicted octanol–water partition coefficient (Wildman–Crippen LogP) is 2.26. The molecule has 1 atom stereocenters. The number of Topliss-reactive ketones (excluding diaryl/α,β-unsaturated/α-hetero) is 1. The van der Waals surface area contributed by atoms with Gasteiger partial charge in [0, 0.05) is 11.3 Å². The number of esters is 1. The van der Waals surface area contributed by atoms with Crippen molar-refractivity contribution in [2.45, 2.75) is 58.1 Å². The van der Waals surface area contributed by atoms with Crippen LogP contribution < -0.4 is 10.6 Å². The number of hydrogen-bond donors (Lipinski definition) is 2. The van der Waals surface area contributed by atoms with Gasteiger partial charge in [0.05, 0.1) is 0 Å². The zero-order chi connectivity index (χ0) is 22.8. The molecule has 1 saturated heterocycles. The van der Waals surface area contributed by atoms with Crippen LogP contribution in [0, 0.1) is 5.92 Å². The monoisotopic (exact) mass is 429 g/mol. The summed E-state index contributed by atoms with van der Waals surface area (Å²) in [5, 5.41) is 5.33. The summed E-state index contributed by atoms with van der Waals surface area (Å²) in [6.07, 6.45) is 1.62. The fraction of sp³-hybridized carbons (Fsp3) is 0.500. The Hall–Kier alpha value is -3.23. The highest BCUT2D eigenvalue weighted by atomic mass is 16.5. The zero-order valence-electron chi connectivity index (χ0n) is 17.9. The molecule has 2 N–H and O–H groups in total. The van der Waals surface area contributed by atoms with Gasteiger partial charge in [-0.3, -0.25) is 24.1 Å². The van der Waals surface area contributed by atoms with E-state index in [-0.39, 0.29) is 5.78 Å². The maximum absolute atomic E-state index is 12.8. The standard InChI is InChI=1S/C22H27N3O6/c1-13-8-10-22(11-9-13)20(29)25(21(30)24-22)12-18(27)31-15(3)19(28)23-17-6-4-16(5-7-17)14(2)26/h4-7,13,15H,8-12H2,1-3H3,(H,23,28)(H,24,30). The minimum absolute atomic E-state index is 0.0924. The van der Waals surface area contributed by atoms with E-state index in [9.17, 15) is 24.0 Å². The molecule has 0 bridgehead atoms. The van der Waals surface area contributed by atoms with Crippen LogP contribution in [0.2, 0.25) is 0 Å². The average molecular weight is 429 g/mol. The fourth-order valence-corrected chi connectivity index (χ4v) is 3.86. The smallest absolute Gasteiger partial charge is 0.327 e. The second-order valence-electron chi connectivity index (χ2n) is 8.34. The van der Waals surface area contributed by atoms with E-state index >= 15 is 0 Å². The third kappa shape index (κ3) is 4.92. The average Bonchev–Trinajstić information content (AvgIpc) is 2.94. The van der Waals surface area contributed by atoms with Crippen LogP contribution in [0.5, 0.6) is 0 Å². The summed E-state index contributed by atoms with van der Waals surface area (Å²) in [4.78, 5) is 61.8. The molecule has 1 saturated carbocycles. The molecule has 1 aromatic carbocycles. The summed E-state index contributed by atoms with van der Waals surface area (Å²) in [5.74, 6) is -1.43. The molecule has 1 aliphatic heterocycles. The number of urea groups is 1. The highest BCUT2D eigenvalue weighted by molar-refractivity contribution is 6.09. The van der Waals surface area contributed by atoms with Crippen molar-refractivity contribution < 1.29 is 28.7 Å². The molecule has 2 fully saturated rings. The normalized spacial score (nSPS) is 24.0. The van der Waals surface area contributed by atoms with Gasteiger partial charge in [0.15, 0.2) is 11.9 Å². The molecule has 4 amide bonds. The highest BCUT2D eigenvalue weighted by Gasteiger charge is 2.52. The van der Waals surface area contributed by atoms with E-state index in [1.807, 2.05) is 0 Å². The maximum atomic E-state index is 12.8. The maximum Gasteiger partial charge on any atom is 0.327 e. The molecule has 31 heavy (non-hydrogen) atoms. The van der Waals surface area contributed by atoms with Crippen LogP contribution in [0.4, 0.5) is 10.5 Å². The predicted molar refractivity (Wildman–Crippen MR) is 111 cm³/mol. The molecule has 1 heterocycles. The van der Waals surface area contributed by atoms with E-state index in [2.05, 4.69) is 17.6 Å². The van der Waals surface area contributed by atoms with E-state index in [0.29, 0.717) is 30.0 Å². The van der Waals surface area contributed by atoms with Crippen molar-refractivity contribution in [2.75, 3.05) is 11.9 Å². The number of anilines is 1. The number of carbonyl (C=O) groups excluding carboxylic acids is 5. The van der Waals surface area contributed by atoms with Crippen molar-refractivity contribution in [3.63, 3.8) is 0 Å². The van der Waals surface area contributed by atoms with Gasteiger partial charge in [-0.15, -0.1) is 0 Å². The molecule has 166 valence electrons. The second-order valence-corrected chi connectivity index (χ2v) is 8.34. The first-order valence-corrected chi connectivity index (χ1v) is 10.4. The quantitative estimate of drug-likeness (QED) is 0.406. The van der Waals surface area contributed by atoms with E-state index < -0.39 is 42.0 Å². The lowest BCUT2D eigenvalue weighted by molar-refractivity contribution is -0.155. The highest BCUT2D eigenvalue weighted by Crippen LogP contribution is 2.36. The lowest BCUT2D eigenvalue weighted by Crippen LogP contribution is -2.49. The summed E-state index contributed by atoms with van der Waals surface area (Å²) in [5.41, 5.74) is 0.0236. The van der Waals surface area contributed by atoms with Gasteiger partial charge in [-0.25, -0.2) is 4.79 Å². The van der Waals surface area contributed by atoms with E-state index in [1.165, 1.54) is 13.8 Å². The van der Waals surface area contributed by atoms with Gasteiger partial charge in [-0.05, 0) is 69.7 Å². The van der Waals surface area contributed by atoms with Crippen LogP contribution in [0.15, 0.2) is 24.3 Å². The Morgan fingerprint density at radius 1 is 1.19 bits per heavy atom. The summed E-state index contributed by atoms with van der Waals surface area (Å²) in [6, 6.07) is 5.68. The number of nitrogens with one attached hydrogen (secondary N) is 2. The van der Waals surface area contributed by atoms with Crippen LogP contribution in [0.1, 0.15) is 56.8 Å². The lowest BCUT2D eigenvalue weighted by atomic mass is 9.77. The largest absolute Gasteiger partial charge is 0.451 e. The molecule has 0 radical (unpaired) electrons. The van der Waals surface area contributed by atoms with Crippen molar-refractivity contribution in [1.82, 2.24) is 10.2 Å². The van der Waals surface area contributed by atoms with Gasteiger partial charge < -0.3 is 15.4 Å². The Morgan fingerprint density at radius 2 is 1.81 bits per heavy atom. The number of hydrogen-bond acceptors (Lipinski definition) is 6. The number of nitrogens with zero attached hydrogens (tertiary/aromatic N) is 1. The van der Waals surface area contributed by atoms with Crippen molar-refractivity contribution in [3.8, 4) is 0 Å². The third-order valence-corrected chi connectivity index (χ3v) is 5.90. The molecule has 3 rings (SSSR count). The fourth-order valence-electron chi connectivity index (χ4n) is 3.86. The molecule has 1 unspecified atom stereocenters. The third-order valence-electron chi connectivity index (χ3n) is 5.90. The van der Waals surface area contributed by atoms with Crippen molar-refractivity contribution in [3.05, 3.63) is 29.8 Å². The number of benzene rings is 1. The SMILES string of the molecule is CC(=O)c1ccc(NC(=O)C(C)OC(=O)CN2C(=O)NC3(CCC(C)CC3)C2=O)cc1. The van der Waals surface area contributed by atoms with Gasteiger partial charge in [0.25, 0.3) is 11.8 Å². The van der Waals surface area contributed by atoms with E-state index in [1.54, 1.807) is 24.3 Å². The second kappa shape index (κ2) is 8.87. The first-order valence-electron chi connectivity index (χ1n) is 10.4. The summed E-state index contributed by atoms with van der Waals surface area (Å²) in [6.45, 7) is 4.39.